The molecular weight excluding hydrogens is 445 g/mol. The van der Waals surface area contributed by atoms with Gasteiger partial charge in [-0.25, -0.2) is 8.42 Å². The number of sulfonamides is 1. The summed E-state index contributed by atoms with van der Waals surface area (Å²) in [6.45, 7) is 1.86. The van der Waals surface area contributed by atoms with Crippen LogP contribution in [0.1, 0.15) is 24.2 Å². The van der Waals surface area contributed by atoms with Crippen molar-refractivity contribution in [3.05, 3.63) is 88.2 Å². The van der Waals surface area contributed by atoms with Gasteiger partial charge in [-0.15, -0.1) is 0 Å². The van der Waals surface area contributed by atoms with Gasteiger partial charge in [-0.1, -0.05) is 41.4 Å². The van der Waals surface area contributed by atoms with Crippen molar-refractivity contribution in [3.8, 4) is 0 Å². The monoisotopic (exact) mass is 463 g/mol. The number of nitrogens with one attached hydrogen (secondary N) is 2. The summed E-state index contributed by atoms with van der Waals surface area (Å²) in [6, 6.07) is 16.0. The maximum Gasteiger partial charge on any atom is 0.261 e. The number of carbonyl (C=O) groups is 1. The van der Waals surface area contributed by atoms with Gasteiger partial charge in [0.05, 0.1) is 33.1 Å². The van der Waals surface area contributed by atoms with E-state index in [1.54, 1.807) is 30.5 Å². The third kappa shape index (κ3) is 5.72. The van der Waals surface area contributed by atoms with Gasteiger partial charge < -0.3 is 5.32 Å². The molecule has 1 aromatic heterocycles. The van der Waals surface area contributed by atoms with Crippen molar-refractivity contribution in [2.75, 3.05) is 4.72 Å². The van der Waals surface area contributed by atoms with Gasteiger partial charge in [0, 0.05) is 11.9 Å². The lowest BCUT2D eigenvalue weighted by Crippen LogP contribution is -2.28. The first-order valence-corrected chi connectivity index (χ1v) is 11.3. The summed E-state index contributed by atoms with van der Waals surface area (Å²) in [7, 11) is -3.81. The SMILES string of the molecule is CC(NC(=O)Cc1ccc(NS(=O)(=O)c2ccc(Cl)c(Cl)c2)cc1)c1ccccn1. The summed E-state index contributed by atoms with van der Waals surface area (Å²) in [5.74, 6) is -0.155. The summed E-state index contributed by atoms with van der Waals surface area (Å²) in [5, 5.41) is 3.32. The van der Waals surface area contributed by atoms with Crippen LogP contribution in [-0.4, -0.2) is 19.3 Å². The quantitative estimate of drug-likeness (QED) is 0.535. The Morgan fingerprint density at radius 3 is 2.40 bits per heavy atom. The first-order chi connectivity index (χ1) is 14.2. The predicted octanol–water partition coefficient (Wildman–Crippen LogP) is 4.61. The van der Waals surface area contributed by atoms with E-state index in [0.717, 1.165) is 11.3 Å². The molecule has 0 saturated heterocycles. The molecule has 0 bridgehead atoms. The van der Waals surface area contributed by atoms with E-state index in [1.807, 2.05) is 25.1 Å². The summed E-state index contributed by atoms with van der Waals surface area (Å²) in [6.07, 6.45) is 1.84. The van der Waals surface area contributed by atoms with E-state index in [2.05, 4.69) is 15.0 Å². The number of carbonyl (C=O) groups excluding carboxylic acids is 1. The van der Waals surface area contributed by atoms with Crippen LogP contribution >= 0.6 is 23.2 Å². The minimum atomic E-state index is -3.81. The molecule has 30 heavy (non-hydrogen) atoms. The van der Waals surface area contributed by atoms with Gasteiger partial charge in [0.2, 0.25) is 5.91 Å². The molecule has 2 aromatic carbocycles. The minimum Gasteiger partial charge on any atom is -0.348 e. The highest BCUT2D eigenvalue weighted by Gasteiger charge is 2.16. The Hall–Kier alpha value is -2.61. The number of amides is 1. The largest absolute Gasteiger partial charge is 0.348 e. The van der Waals surface area contributed by atoms with Crippen LogP contribution in [0.2, 0.25) is 10.0 Å². The van der Waals surface area contributed by atoms with Crippen LogP contribution in [0.5, 0.6) is 0 Å². The van der Waals surface area contributed by atoms with Crippen molar-refractivity contribution < 1.29 is 13.2 Å². The second kappa shape index (κ2) is 9.47. The Kier molecular flexibility index (Phi) is 6.97. The fourth-order valence-electron chi connectivity index (χ4n) is 2.73. The lowest BCUT2D eigenvalue weighted by molar-refractivity contribution is -0.121. The summed E-state index contributed by atoms with van der Waals surface area (Å²) in [4.78, 5) is 16.5. The second-order valence-corrected chi connectivity index (χ2v) is 9.10. The molecule has 6 nitrogen and oxygen atoms in total. The number of benzene rings is 2. The van der Waals surface area contributed by atoms with E-state index in [4.69, 9.17) is 23.2 Å². The highest BCUT2D eigenvalue weighted by Crippen LogP contribution is 2.26. The van der Waals surface area contributed by atoms with E-state index in [1.165, 1.54) is 18.2 Å². The maximum absolute atomic E-state index is 12.5. The number of pyridine rings is 1. The number of anilines is 1. The van der Waals surface area contributed by atoms with Crippen LogP contribution < -0.4 is 10.0 Å². The van der Waals surface area contributed by atoms with Crippen molar-refractivity contribution >= 4 is 44.8 Å². The molecule has 2 N–H and O–H groups in total. The fourth-order valence-corrected chi connectivity index (χ4v) is 4.18. The number of nitrogens with zero attached hydrogens (tertiary/aromatic N) is 1. The molecule has 9 heteroatoms. The smallest absolute Gasteiger partial charge is 0.261 e. The van der Waals surface area contributed by atoms with E-state index in [9.17, 15) is 13.2 Å². The average molecular weight is 464 g/mol. The molecule has 0 aliphatic rings. The summed E-state index contributed by atoms with van der Waals surface area (Å²) < 4.78 is 27.5. The number of hydrogen-bond donors (Lipinski definition) is 2. The molecule has 0 fully saturated rings. The molecular formula is C21H19Cl2N3O3S. The summed E-state index contributed by atoms with van der Waals surface area (Å²) in [5.41, 5.74) is 1.89. The van der Waals surface area contributed by atoms with Gasteiger partial charge >= 0.3 is 0 Å². The average Bonchev–Trinajstić information content (AvgIpc) is 2.71. The molecule has 1 amide bonds. The second-order valence-electron chi connectivity index (χ2n) is 6.60. The van der Waals surface area contributed by atoms with Crippen LogP contribution in [0, 0.1) is 0 Å². The third-order valence-electron chi connectivity index (χ3n) is 4.28. The van der Waals surface area contributed by atoms with E-state index in [-0.39, 0.29) is 33.3 Å². The van der Waals surface area contributed by atoms with Gasteiger partial charge in [-0.3, -0.25) is 14.5 Å². The molecule has 1 unspecified atom stereocenters. The standard InChI is InChI=1S/C21H19Cl2N3O3S/c1-14(20-4-2-3-11-24-20)25-21(27)12-15-5-7-16(8-6-15)26-30(28,29)17-9-10-18(22)19(23)13-17/h2-11,13-14,26H,12H2,1H3,(H,25,27). The molecule has 0 spiro atoms. The minimum absolute atomic E-state index is 0.00358. The lowest BCUT2D eigenvalue weighted by Gasteiger charge is -2.13. The van der Waals surface area contributed by atoms with Gasteiger partial charge in [0.1, 0.15) is 0 Å². The van der Waals surface area contributed by atoms with Crippen molar-refractivity contribution in [1.82, 2.24) is 10.3 Å². The Balaban J connectivity index is 1.61. The van der Waals surface area contributed by atoms with E-state index >= 15 is 0 Å². The zero-order chi connectivity index (χ0) is 21.7. The van der Waals surface area contributed by atoms with Crippen molar-refractivity contribution in [1.29, 1.82) is 0 Å². The maximum atomic E-state index is 12.5. The highest BCUT2D eigenvalue weighted by molar-refractivity contribution is 7.92. The number of aromatic nitrogens is 1. The van der Waals surface area contributed by atoms with Crippen LogP contribution in [0.25, 0.3) is 0 Å². The van der Waals surface area contributed by atoms with Gasteiger partial charge in [0.25, 0.3) is 10.0 Å². The summed E-state index contributed by atoms with van der Waals surface area (Å²) >= 11 is 11.7. The molecule has 1 atom stereocenters. The van der Waals surface area contributed by atoms with Crippen molar-refractivity contribution in [3.63, 3.8) is 0 Å². The first kappa shape index (κ1) is 22.1. The number of halogens is 2. The Morgan fingerprint density at radius 1 is 1.03 bits per heavy atom. The third-order valence-corrected chi connectivity index (χ3v) is 6.40. The Bertz CT molecular complexity index is 1140. The van der Waals surface area contributed by atoms with Crippen LogP contribution in [0.4, 0.5) is 5.69 Å². The number of rotatable bonds is 7. The predicted molar refractivity (Wildman–Crippen MR) is 118 cm³/mol. The number of hydrogen-bond acceptors (Lipinski definition) is 4. The normalized spacial score (nSPS) is 12.2. The van der Waals surface area contributed by atoms with Crippen molar-refractivity contribution in [2.24, 2.45) is 0 Å². The van der Waals surface area contributed by atoms with E-state index in [0.29, 0.717) is 5.69 Å². The Morgan fingerprint density at radius 2 is 1.77 bits per heavy atom. The Labute approximate surface area is 185 Å². The van der Waals surface area contributed by atoms with Crippen LogP contribution in [-0.2, 0) is 21.2 Å². The molecule has 0 radical (unpaired) electrons. The van der Waals surface area contributed by atoms with Crippen LogP contribution in [0.15, 0.2) is 71.8 Å². The van der Waals surface area contributed by atoms with E-state index < -0.39 is 10.0 Å². The molecule has 1 heterocycles. The first-order valence-electron chi connectivity index (χ1n) is 9.02. The molecule has 3 rings (SSSR count). The fraction of sp³-hybridized carbons (Fsp3) is 0.143. The highest BCUT2D eigenvalue weighted by atomic mass is 35.5. The molecule has 0 aliphatic carbocycles. The van der Waals surface area contributed by atoms with Gasteiger partial charge in [0.15, 0.2) is 0 Å². The zero-order valence-corrected chi connectivity index (χ0v) is 18.3. The zero-order valence-electron chi connectivity index (χ0n) is 16.0. The lowest BCUT2D eigenvalue weighted by atomic mass is 10.1. The van der Waals surface area contributed by atoms with Crippen molar-refractivity contribution in [2.45, 2.75) is 24.3 Å². The van der Waals surface area contributed by atoms with Gasteiger partial charge in [-0.2, -0.15) is 0 Å². The topological polar surface area (TPSA) is 88.2 Å². The molecule has 3 aromatic rings. The van der Waals surface area contributed by atoms with Crippen LogP contribution in [0.3, 0.4) is 0 Å². The molecule has 156 valence electrons. The van der Waals surface area contributed by atoms with Gasteiger partial charge in [-0.05, 0) is 55.0 Å². The molecule has 0 aliphatic heterocycles. The molecule has 0 saturated carbocycles.